The average molecular weight is 254 g/mol. The van der Waals surface area contributed by atoms with Crippen molar-refractivity contribution >= 4 is 5.91 Å². The maximum atomic E-state index is 11.2. The molecule has 0 saturated heterocycles. The molecule has 0 fully saturated rings. The van der Waals surface area contributed by atoms with Crippen molar-refractivity contribution in [3.8, 4) is 11.5 Å². The van der Waals surface area contributed by atoms with Gasteiger partial charge in [-0.2, -0.15) is 0 Å². The maximum Gasteiger partial charge on any atom is 0.271 e. The lowest BCUT2D eigenvalue weighted by Crippen LogP contribution is -2.23. The lowest BCUT2D eigenvalue weighted by atomic mass is 10.2. The third-order valence-corrected chi connectivity index (χ3v) is 2.02. The number of amides is 1. The van der Waals surface area contributed by atoms with Gasteiger partial charge in [0.2, 0.25) is 0 Å². The van der Waals surface area contributed by atoms with E-state index in [1.807, 2.05) is 20.8 Å². The summed E-state index contributed by atoms with van der Waals surface area (Å²) in [6, 6.07) is 1.58. The van der Waals surface area contributed by atoms with Gasteiger partial charge in [0.05, 0.1) is 12.7 Å². The maximum absolute atomic E-state index is 11.2. The van der Waals surface area contributed by atoms with Gasteiger partial charge in [0.1, 0.15) is 0 Å². The van der Waals surface area contributed by atoms with Crippen molar-refractivity contribution in [2.24, 2.45) is 5.73 Å². The van der Waals surface area contributed by atoms with Crippen LogP contribution in [0.2, 0.25) is 0 Å². The number of rotatable bonds is 5. The minimum Gasteiger partial charge on any atom is -0.493 e. The number of ether oxygens (including phenoxy) is 3. The van der Waals surface area contributed by atoms with E-state index in [4.69, 9.17) is 19.9 Å². The van der Waals surface area contributed by atoms with Crippen LogP contribution in [-0.2, 0) is 4.74 Å². The largest absolute Gasteiger partial charge is 0.493 e. The summed E-state index contributed by atoms with van der Waals surface area (Å²) in [5.74, 6) is -0.104. The molecule has 18 heavy (non-hydrogen) atoms. The summed E-state index contributed by atoms with van der Waals surface area (Å²) < 4.78 is 15.9. The van der Waals surface area contributed by atoms with E-state index in [2.05, 4.69) is 4.98 Å². The molecular weight excluding hydrogens is 236 g/mol. The van der Waals surface area contributed by atoms with Crippen LogP contribution < -0.4 is 15.2 Å². The van der Waals surface area contributed by atoms with Gasteiger partial charge >= 0.3 is 0 Å². The average Bonchev–Trinajstić information content (AvgIpc) is 2.27. The summed E-state index contributed by atoms with van der Waals surface area (Å²) in [6.07, 6.45) is 1.43. The lowest BCUT2D eigenvalue weighted by molar-refractivity contribution is -0.0767. The highest BCUT2D eigenvalue weighted by molar-refractivity contribution is 5.94. The third kappa shape index (κ3) is 3.89. The predicted octanol–water partition coefficient (Wildman–Crippen LogP) is 1.34. The zero-order valence-electron chi connectivity index (χ0n) is 11.0. The molecule has 0 spiro atoms. The molecule has 6 heteroatoms. The van der Waals surface area contributed by atoms with E-state index in [1.54, 1.807) is 6.07 Å². The number of nitrogens with two attached hydrogens (primary N) is 1. The molecule has 2 N–H and O–H groups in total. The molecule has 0 saturated carbocycles. The van der Waals surface area contributed by atoms with Crippen LogP contribution in [0.25, 0.3) is 0 Å². The smallest absolute Gasteiger partial charge is 0.271 e. The van der Waals surface area contributed by atoms with E-state index in [-0.39, 0.29) is 23.8 Å². The van der Waals surface area contributed by atoms with Gasteiger partial charge in [0.25, 0.3) is 5.91 Å². The highest BCUT2D eigenvalue weighted by atomic mass is 16.7. The number of methoxy groups -OCH3 is 1. The zero-order chi connectivity index (χ0) is 13.8. The van der Waals surface area contributed by atoms with E-state index in [9.17, 15) is 4.79 Å². The van der Waals surface area contributed by atoms with Gasteiger partial charge < -0.3 is 19.9 Å². The number of nitrogens with zero attached hydrogens (tertiary/aromatic N) is 1. The second-order valence-electron chi connectivity index (χ2n) is 4.57. The molecule has 1 amide bonds. The van der Waals surface area contributed by atoms with Crippen molar-refractivity contribution in [2.75, 3.05) is 13.9 Å². The first kappa shape index (κ1) is 14.2. The second-order valence-corrected chi connectivity index (χ2v) is 4.57. The van der Waals surface area contributed by atoms with Crippen molar-refractivity contribution < 1.29 is 19.0 Å². The predicted molar refractivity (Wildman–Crippen MR) is 65.6 cm³/mol. The monoisotopic (exact) mass is 254 g/mol. The Morgan fingerprint density at radius 3 is 2.61 bits per heavy atom. The molecule has 0 aliphatic carbocycles. The van der Waals surface area contributed by atoms with Crippen molar-refractivity contribution in [3.63, 3.8) is 0 Å². The topological polar surface area (TPSA) is 83.7 Å². The Morgan fingerprint density at radius 2 is 2.11 bits per heavy atom. The Labute approximate surface area is 106 Å². The van der Waals surface area contributed by atoms with Crippen molar-refractivity contribution in [1.82, 2.24) is 4.98 Å². The molecule has 1 aromatic heterocycles. The summed E-state index contributed by atoms with van der Waals surface area (Å²) in [4.78, 5) is 15.1. The second kappa shape index (κ2) is 5.68. The Hall–Kier alpha value is -1.82. The van der Waals surface area contributed by atoms with Crippen LogP contribution >= 0.6 is 0 Å². The van der Waals surface area contributed by atoms with Crippen molar-refractivity contribution in [1.29, 1.82) is 0 Å². The van der Waals surface area contributed by atoms with Gasteiger partial charge in [-0.05, 0) is 20.8 Å². The molecule has 0 radical (unpaired) electrons. The Morgan fingerprint density at radius 1 is 1.44 bits per heavy atom. The summed E-state index contributed by atoms with van der Waals surface area (Å²) in [7, 11) is 1.47. The molecule has 100 valence electrons. The van der Waals surface area contributed by atoms with Crippen LogP contribution in [0.15, 0.2) is 12.3 Å². The van der Waals surface area contributed by atoms with Gasteiger partial charge in [-0.3, -0.25) is 4.79 Å². The molecule has 0 aliphatic heterocycles. The van der Waals surface area contributed by atoms with Crippen LogP contribution in [-0.4, -0.2) is 30.4 Å². The van der Waals surface area contributed by atoms with E-state index < -0.39 is 5.91 Å². The summed E-state index contributed by atoms with van der Waals surface area (Å²) in [5, 5.41) is 0. The Kier molecular flexibility index (Phi) is 4.49. The molecule has 1 aromatic rings. The highest BCUT2D eigenvalue weighted by Gasteiger charge is 2.18. The quantitative estimate of drug-likeness (QED) is 0.801. The van der Waals surface area contributed by atoms with Crippen LogP contribution in [0.1, 0.15) is 31.3 Å². The summed E-state index contributed by atoms with van der Waals surface area (Å²) in [6.45, 7) is 5.66. The fourth-order valence-corrected chi connectivity index (χ4v) is 1.17. The number of hydrogen-bond acceptors (Lipinski definition) is 5. The summed E-state index contributed by atoms with van der Waals surface area (Å²) in [5.41, 5.74) is 4.89. The fourth-order valence-electron chi connectivity index (χ4n) is 1.17. The first-order chi connectivity index (χ1) is 8.35. The van der Waals surface area contributed by atoms with E-state index in [1.165, 1.54) is 13.3 Å². The third-order valence-electron chi connectivity index (χ3n) is 2.02. The van der Waals surface area contributed by atoms with Crippen molar-refractivity contribution in [3.05, 3.63) is 18.0 Å². The van der Waals surface area contributed by atoms with E-state index in [0.717, 1.165) is 0 Å². The van der Waals surface area contributed by atoms with Gasteiger partial charge in [-0.15, -0.1) is 0 Å². The number of primary amides is 1. The van der Waals surface area contributed by atoms with E-state index in [0.29, 0.717) is 5.75 Å². The number of hydrogen-bond donors (Lipinski definition) is 1. The first-order valence-electron chi connectivity index (χ1n) is 5.44. The van der Waals surface area contributed by atoms with Crippen LogP contribution in [0.4, 0.5) is 0 Å². The molecule has 1 heterocycles. The SMILES string of the molecule is COc1ccnc(C(N)=O)c1OCOC(C)(C)C. The lowest BCUT2D eigenvalue weighted by Gasteiger charge is -2.20. The number of pyridine rings is 1. The van der Waals surface area contributed by atoms with Crippen LogP contribution in [0.3, 0.4) is 0 Å². The summed E-state index contributed by atoms with van der Waals surface area (Å²) >= 11 is 0. The minimum atomic E-state index is -0.681. The van der Waals surface area contributed by atoms with Crippen LogP contribution in [0.5, 0.6) is 11.5 Å². The molecular formula is C12H18N2O4. The fraction of sp³-hybridized carbons (Fsp3) is 0.500. The molecule has 0 aliphatic rings. The van der Waals surface area contributed by atoms with Crippen molar-refractivity contribution in [2.45, 2.75) is 26.4 Å². The molecule has 0 aromatic carbocycles. The van der Waals surface area contributed by atoms with Crippen LogP contribution in [0, 0.1) is 0 Å². The van der Waals surface area contributed by atoms with Gasteiger partial charge in [-0.25, -0.2) is 4.98 Å². The van der Waals surface area contributed by atoms with E-state index >= 15 is 0 Å². The standard InChI is InChI=1S/C12H18N2O4/c1-12(2,3)18-7-17-10-8(16-4)5-6-14-9(10)11(13)15/h5-6H,7H2,1-4H3,(H2,13,15). The first-order valence-corrected chi connectivity index (χ1v) is 5.44. The van der Waals surface area contributed by atoms with Gasteiger partial charge in [0.15, 0.2) is 24.0 Å². The zero-order valence-corrected chi connectivity index (χ0v) is 11.0. The molecule has 0 unspecified atom stereocenters. The van der Waals surface area contributed by atoms with Gasteiger partial charge in [0, 0.05) is 12.3 Å². The molecule has 0 atom stereocenters. The Balaban J connectivity index is 2.88. The molecule has 6 nitrogen and oxygen atoms in total. The number of carbonyl (C=O) groups excluding carboxylic acids is 1. The Bertz CT molecular complexity index is 427. The number of aromatic nitrogens is 1. The number of carbonyl (C=O) groups is 1. The van der Waals surface area contributed by atoms with Gasteiger partial charge in [-0.1, -0.05) is 0 Å². The molecule has 0 bridgehead atoms. The highest BCUT2D eigenvalue weighted by Crippen LogP contribution is 2.29. The molecule has 1 rings (SSSR count). The normalized spacial score (nSPS) is 11.1. The minimum absolute atomic E-state index is 0.0202.